The number of methoxy groups -OCH3 is 1. The van der Waals surface area contributed by atoms with Crippen LogP contribution in [-0.2, 0) is 27.8 Å². The third-order valence-corrected chi connectivity index (χ3v) is 7.79. The maximum Gasteiger partial charge on any atom is 0.244 e. The van der Waals surface area contributed by atoms with E-state index in [0.29, 0.717) is 21.5 Å². The molecule has 1 aliphatic heterocycles. The summed E-state index contributed by atoms with van der Waals surface area (Å²) < 4.78 is 33.4. The summed E-state index contributed by atoms with van der Waals surface area (Å²) >= 11 is 12.2. The van der Waals surface area contributed by atoms with Crippen molar-refractivity contribution in [3.05, 3.63) is 87.9 Å². The highest BCUT2D eigenvalue weighted by Gasteiger charge is 2.39. The van der Waals surface area contributed by atoms with Gasteiger partial charge in [-0.1, -0.05) is 47.5 Å². The molecule has 6 nitrogen and oxygen atoms in total. The predicted molar refractivity (Wildman–Crippen MR) is 125 cm³/mol. The van der Waals surface area contributed by atoms with Gasteiger partial charge < -0.3 is 10.1 Å². The Kier molecular flexibility index (Phi) is 6.44. The van der Waals surface area contributed by atoms with Gasteiger partial charge in [-0.05, 0) is 60.0 Å². The highest BCUT2D eigenvalue weighted by molar-refractivity contribution is 7.89. The summed E-state index contributed by atoms with van der Waals surface area (Å²) in [4.78, 5) is 13.4. The van der Waals surface area contributed by atoms with E-state index in [9.17, 15) is 13.2 Å². The molecule has 3 aromatic carbocycles. The number of anilines is 1. The van der Waals surface area contributed by atoms with Crippen molar-refractivity contribution >= 4 is 44.8 Å². The molecule has 0 bridgehead atoms. The number of benzene rings is 3. The monoisotopic (exact) mass is 490 g/mol. The van der Waals surface area contributed by atoms with Gasteiger partial charge in [-0.2, -0.15) is 4.31 Å². The van der Waals surface area contributed by atoms with Gasteiger partial charge in [0.2, 0.25) is 15.9 Å². The van der Waals surface area contributed by atoms with E-state index >= 15 is 0 Å². The van der Waals surface area contributed by atoms with Crippen LogP contribution in [0.2, 0.25) is 10.0 Å². The molecule has 0 fully saturated rings. The number of carbonyl (C=O) groups is 1. The Morgan fingerprint density at radius 2 is 1.72 bits per heavy atom. The molecule has 0 aromatic heterocycles. The smallest absolute Gasteiger partial charge is 0.244 e. The topological polar surface area (TPSA) is 75.7 Å². The van der Waals surface area contributed by atoms with Crippen LogP contribution in [0.25, 0.3) is 0 Å². The Morgan fingerprint density at radius 3 is 2.41 bits per heavy atom. The summed E-state index contributed by atoms with van der Waals surface area (Å²) in [5.41, 5.74) is 2.10. The number of sulfonamides is 1. The van der Waals surface area contributed by atoms with Crippen molar-refractivity contribution in [2.24, 2.45) is 0 Å². The van der Waals surface area contributed by atoms with Gasteiger partial charge >= 0.3 is 0 Å². The van der Waals surface area contributed by atoms with Crippen molar-refractivity contribution in [1.82, 2.24) is 4.31 Å². The minimum atomic E-state index is -3.98. The van der Waals surface area contributed by atoms with Crippen LogP contribution in [0.3, 0.4) is 0 Å². The lowest BCUT2D eigenvalue weighted by Gasteiger charge is -2.35. The molecule has 1 aliphatic rings. The number of hydrogen-bond donors (Lipinski definition) is 1. The lowest BCUT2D eigenvalue weighted by molar-refractivity contribution is -0.120. The number of fused-ring (bicyclic) bond motifs is 1. The van der Waals surface area contributed by atoms with E-state index in [4.69, 9.17) is 27.9 Å². The highest BCUT2D eigenvalue weighted by atomic mass is 35.5. The molecular weight excluding hydrogens is 471 g/mol. The molecule has 32 heavy (non-hydrogen) atoms. The van der Waals surface area contributed by atoms with Gasteiger partial charge in [0.1, 0.15) is 11.8 Å². The normalized spacial score (nSPS) is 16.3. The summed E-state index contributed by atoms with van der Waals surface area (Å²) in [6, 6.07) is 17.3. The van der Waals surface area contributed by atoms with Gasteiger partial charge in [0.15, 0.2) is 0 Å². The van der Waals surface area contributed by atoms with Gasteiger partial charge in [-0.25, -0.2) is 8.42 Å². The molecule has 166 valence electrons. The quantitative estimate of drug-likeness (QED) is 0.559. The molecule has 1 atom stereocenters. The molecule has 0 unspecified atom stereocenters. The number of nitrogens with zero attached hydrogens (tertiary/aromatic N) is 1. The van der Waals surface area contributed by atoms with Crippen LogP contribution >= 0.6 is 23.2 Å². The minimum Gasteiger partial charge on any atom is -0.497 e. The fraction of sp³-hybridized carbons (Fsp3) is 0.174. The van der Waals surface area contributed by atoms with Gasteiger partial charge in [-0.15, -0.1) is 0 Å². The number of hydrogen-bond acceptors (Lipinski definition) is 4. The lowest BCUT2D eigenvalue weighted by Crippen LogP contribution is -2.50. The second kappa shape index (κ2) is 9.11. The fourth-order valence-corrected chi connectivity index (χ4v) is 5.57. The molecule has 1 amide bonds. The number of nitrogens with one attached hydrogen (secondary N) is 1. The maximum atomic E-state index is 13.5. The van der Waals surface area contributed by atoms with Crippen molar-refractivity contribution in [3.8, 4) is 5.75 Å². The first kappa shape index (κ1) is 22.6. The summed E-state index contributed by atoms with van der Waals surface area (Å²) in [6.45, 7) is 0.0753. The molecular formula is C23H20Cl2N2O4S. The lowest BCUT2D eigenvalue weighted by atomic mass is 9.95. The number of rotatable bonds is 5. The maximum absolute atomic E-state index is 13.5. The molecule has 3 aromatic rings. The average molecular weight is 491 g/mol. The third-order valence-electron chi connectivity index (χ3n) is 5.36. The average Bonchev–Trinajstić information content (AvgIpc) is 2.80. The van der Waals surface area contributed by atoms with Crippen molar-refractivity contribution < 1.29 is 17.9 Å². The Hall–Kier alpha value is -2.58. The van der Waals surface area contributed by atoms with E-state index < -0.39 is 22.0 Å². The van der Waals surface area contributed by atoms with E-state index in [1.54, 1.807) is 24.3 Å². The first-order valence-corrected chi connectivity index (χ1v) is 12.0. The summed E-state index contributed by atoms with van der Waals surface area (Å²) in [5.74, 6) is 0.0542. The summed E-state index contributed by atoms with van der Waals surface area (Å²) in [7, 11) is -2.47. The highest BCUT2D eigenvalue weighted by Crippen LogP contribution is 2.32. The van der Waals surface area contributed by atoms with Crippen LogP contribution in [0, 0.1) is 0 Å². The number of amides is 1. The first-order chi connectivity index (χ1) is 15.3. The van der Waals surface area contributed by atoms with Gasteiger partial charge in [0.25, 0.3) is 0 Å². The van der Waals surface area contributed by atoms with Crippen molar-refractivity contribution in [3.63, 3.8) is 0 Å². The van der Waals surface area contributed by atoms with E-state index in [1.165, 1.54) is 29.6 Å². The van der Waals surface area contributed by atoms with Crippen molar-refractivity contribution in [1.29, 1.82) is 0 Å². The van der Waals surface area contributed by atoms with Crippen LogP contribution in [0.1, 0.15) is 11.1 Å². The molecule has 4 rings (SSSR count). The zero-order valence-corrected chi connectivity index (χ0v) is 19.4. The van der Waals surface area contributed by atoms with E-state index in [1.807, 2.05) is 24.3 Å². The fourth-order valence-electron chi connectivity index (χ4n) is 3.67. The SMILES string of the molecule is COc1ccc(S(=O)(=O)N2Cc3ccccc3C[C@@H]2C(=O)Nc2cc(Cl)ccc2Cl)cc1. The first-order valence-electron chi connectivity index (χ1n) is 9.78. The van der Waals surface area contributed by atoms with Crippen LogP contribution in [0.5, 0.6) is 5.75 Å². The third kappa shape index (κ3) is 4.47. The Balaban J connectivity index is 1.72. The zero-order valence-electron chi connectivity index (χ0n) is 17.1. The van der Waals surface area contributed by atoms with Crippen LogP contribution in [-0.4, -0.2) is 31.8 Å². The van der Waals surface area contributed by atoms with Gasteiger partial charge in [0, 0.05) is 11.6 Å². The standard InChI is InChI=1S/C23H20Cl2N2O4S/c1-31-18-7-9-19(10-8-18)32(29,30)27-14-16-5-3-2-4-15(16)12-22(27)23(28)26-21-13-17(24)6-11-20(21)25/h2-11,13,22H,12,14H2,1H3,(H,26,28)/t22-/m1/s1. The number of ether oxygens (including phenoxy) is 1. The van der Waals surface area contributed by atoms with E-state index in [2.05, 4.69) is 5.32 Å². The van der Waals surface area contributed by atoms with Crippen LogP contribution in [0.15, 0.2) is 71.6 Å². The Bertz CT molecular complexity index is 1260. The van der Waals surface area contributed by atoms with E-state index in [-0.39, 0.29) is 17.9 Å². The molecule has 0 saturated carbocycles. The molecule has 0 saturated heterocycles. The van der Waals surface area contributed by atoms with E-state index in [0.717, 1.165) is 11.1 Å². The molecule has 1 N–H and O–H groups in total. The Labute approximate surface area is 196 Å². The summed E-state index contributed by atoms with van der Waals surface area (Å²) in [5, 5.41) is 3.45. The molecule has 0 aliphatic carbocycles. The predicted octanol–water partition coefficient (Wildman–Crippen LogP) is 4.76. The molecule has 0 spiro atoms. The second-order valence-electron chi connectivity index (χ2n) is 7.33. The summed E-state index contributed by atoms with van der Waals surface area (Å²) in [6.07, 6.45) is 0.232. The molecule has 0 radical (unpaired) electrons. The minimum absolute atomic E-state index is 0.0753. The number of halogens is 2. The zero-order chi connectivity index (χ0) is 22.9. The van der Waals surface area contributed by atoms with Crippen LogP contribution in [0.4, 0.5) is 5.69 Å². The molecule has 9 heteroatoms. The number of carbonyl (C=O) groups excluding carboxylic acids is 1. The van der Waals surface area contributed by atoms with Crippen LogP contribution < -0.4 is 10.1 Å². The Morgan fingerprint density at radius 1 is 1.03 bits per heavy atom. The molecule has 1 heterocycles. The van der Waals surface area contributed by atoms with Gasteiger partial charge in [0.05, 0.1) is 22.7 Å². The van der Waals surface area contributed by atoms with Gasteiger partial charge in [-0.3, -0.25) is 4.79 Å². The van der Waals surface area contributed by atoms with Crippen molar-refractivity contribution in [2.75, 3.05) is 12.4 Å². The van der Waals surface area contributed by atoms with Crippen molar-refractivity contribution in [2.45, 2.75) is 23.9 Å². The largest absolute Gasteiger partial charge is 0.497 e. The second-order valence-corrected chi connectivity index (χ2v) is 10.1.